The minimum absolute atomic E-state index is 0.174. The lowest BCUT2D eigenvalue weighted by atomic mass is 10.2. The molecule has 3 aromatic heterocycles. The molecule has 3 rings (SSSR count). The molecule has 94 valence electrons. The Labute approximate surface area is 112 Å². The first-order valence-electron chi connectivity index (χ1n) is 5.54. The van der Waals surface area contributed by atoms with E-state index in [9.17, 15) is 9.90 Å². The molecule has 3 heterocycles. The monoisotopic (exact) mass is 271 g/mol. The quantitative estimate of drug-likeness (QED) is 0.795. The van der Waals surface area contributed by atoms with Gasteiger partial charge in [0.25, 0.3) is 0 Å². The van der Waals surface area contributed by atoms with E-state index in [0.29, 0.717) is 11.5 Å². The second-order valence-electron chi connectivity index (χ2n) is 3.81. The lowest BCUT2D eigenvalue weighted by Gasteiger charge is -1.97. The fourth-order valence-electron chi connectivity index (χ4n) is 1.73. The van der Waals surface area contributed by atoms with Gasteiger partial charge in [0.1, 0.15) is 11.3 Å². The van der Waals surface area contributed by atoms with Gasteiger partial charge in [-0.3, -0.25) is 0 Å². The van der Waals surface area contributed by atoms with Gasteiger partial charge in [-0.25, -0.2) is 14.5 Å². The van der Waals surface area contributed by atoms with Crippen molar-refractivity contribution in [2.75, 3.05) is 0 Å². The van der Waals surface area contributed by atoms with Crippen LogP contribution in [-0.4, -0.2) is 25.8 Å². The van der Waals surface area contributed by atoms with Crippen LogP contribution < -0.4 is 0 Å². The van der Waals surface area contributed by atoms with E-state index >= 15 is 0 Å². The van der Waals surface area contributed by atoms with E-state index in [4.69, 9.17) is 0 Å². The standard InChI is InChI=1S/C13H9N3O2S/c17-13(18)9-8-16(11-5-1-2-6-14-11)15-12(9)10-4-3-7-19-10/h1-8H,(H,17,18). The Kier molecular flexibility index (Phi) is 2.85. The fraction of sp³-hybridized carbons (Fsp3) is 0. The van der Waals surface area contributed by atoms with Crippen LogP contribution >= 0.6 is 11.3 Å². The smallest absolute Gasteiger partial charge is 0.339 e. The second-order valence-corrected chi connectivity index (χ2v) is 4.75. The molecule has 3 aromatic rings. The predicted octanol–water partition coefficient (Wildman–Crippen LogP) is 2.69. The summed E-state index contributed by atoms with van der Waals surface area (Å²) >= 11 is 1.46. The van der Waals surface area contributed by atoms with Gasteiger partial charge in [0.2, 0.25) is 0 Å². The van der Waals surface area contributed by atoms with E-state index in [1.54, 1.807) is 18.3 Å². The van der Waals surface area contributed by atoms with Gasteiger partial charge >= 0.3 is 5.97 Å². The minimum atomic E-state index is -0.995. The first-order chi connectivity index (χ1) is 9.25. The van der Waals surface area contributed by atoms with Crippen molar-refractivity contribution in [3.8, 4) is 16.4 Å². The molecule has 0 amide bonds. The summed E-state index contributed by atoms with van der Waals surface area (Å²) in [4.78, 5) is 16.3. The van der Waals surface area contributed by atoms with Gasteiger partial charge in [-0.2, -0.15) is 5.10 Å². The number of aromatic carboxylic acids is 1. The Bertz CT molecular complexity index is 705. The van der Waals surface area contributed by atoms with Crippen LogP contribution in [0.4, 0.5) is 0 Å². The molecule has 0 unspecified atom stereocenters. The van der Waals surface area contributed by atoms with Crippen molar-refractivity contribution in [1.29, 1.82) is 0 Å². The van der Waals surface area contributed by atoms with Crippen molar-refractivity contribution in [1.82, 2.24) is 14.8 Å². The zero-order chi connectivity index (χ0) is 13.2. The highest BCUT2D eigenvalue weighted by Gasteiger charge is 2.18. The number of thiophene rings is 1. The van der Waals surface area contributed by atoms with Gasteiger partial charge in [-0.05, 0) is 23.6 Å². The van der Waals surface area contributed by atoms with E-state index in [0.717, 1.165) is 4.88 Å². The van der Waals surface area contributed by atoms with Crippen molar-refractivity contribution < 1.29 is 9.90 Å². The van der Waals surface area contributed by atoms with Crippen LogP contribution in [0.2, 0.25) is 0 Å². The summed E-state index contributed by atoms with van der Waals surface area (Å²) in [5.41, 5.74) is 0.640. The predicted molar refractivity (Wildman–Crippen MR) is 71.6 cm³/mol. The molecule has 0 radical (unpaired) electrons. The Morgan fingerprint density at radius 3 is 2.79 bits per heavy atom. The molecule has 0 bridgehead atoms. The number of carboxylic acid groups (broad SMARTS) is 1. The number of rotatable bonds is 3. The van der Waals surface area contributed by atoms with E-state index in [-0.39, 0.29) is 5.56 Å². The number of hydrogen-bond acceptors (Lipinski definition) is 4. The Morgan fingerprint density at radius 2 is 2.16 bits per heavy atom. The fourth-order valence-corrected chi connectivity index (χ4v) is 2.46. The summed E-state index contributed by atoms with van der Waals surface area (Å²) in [6.07, 6.45) is 3.13. The average Bonchev–Trinajstić information content (AvgIpc) is 3.08. The van der Waals surface area contributed by atoms with Crippen molar-refractivity contribution in [3.05, 3.63) is 53.7 Å². The summed E-state index contributed by atoms with van der Waals surface area (Å²) in [5.74, 6) is -0.404. The molecule has 0 aromatic carbocycles. The van der Waals surface area contributed by atoms with Crippen molar-refractivity contribution in [2.45, 2.75) is 0 Å². The van der Waals surface area contributed by atoms with Crippen LogP contribution in [0.5, 0.6) is 0 Å². The largest absolute Gasteiger partial charge is 0.478 e. The first-order valence-corrected chi connectivity index (χ1v) is 6.42. The SMILES string of the molecule is O=C(O)c1cn(-c2ccccn2)nc1-c1cccs1. The van der Waals surface area contributed by atoms with E-state index < -0.39 is 5.97 Å². The maximum atomic E-state index is 11.3. The highest BCUT2D eigenvalue weighted by atomic mass is 32.1. The molecule has 0 aliphatic carbocycles. The highest BCUT2D eigenvalue weighted by molar-refractivity contribution is 7.13. The molecular weight excluding hydrogens is 262 g/mol. The third-order valence-corrected chi connectivity index (χ3v) is 3.46. The van der Waals surface area contributed by atoms with Gasteiger partial charge in [0.05, 0.1) is 4.88 Å². The topological polar surface area (TPSA) is 68.0 Å². The minimum Gasteiger partial charge on any atom is -0.478 e. The number of aromatic nitrogens is 3. The van der Waals surface area contributed by atoms with E-state index in [1.165, 1.54) is 22.2 Å². The zero-order valence-electron chi connectivity index (χ0n) is 9.72. The molecule has 1 N–H and O–H groups in total. The lowest BCUT2D eigenvalue weighted by Crippen LogP contribution is -1.97. The van der Waals surface area contributed by atoms with Gasteiger partial charge < -0.3 is 5.11 Å². The van der Waals surface area contributed by atoms with Crippen LogP contribution in [0.1, 0.15) is 10.4 Å². The van der Waals surface area contributed by atoms with Crippen molar-refractivity contribution in [3.63, 3.8) is 0 Å². The average molecular weight is 271 g/mol. The first kappa shape index (κ1) is 11.6. The Morgan fingerprint density at radius 1 is 1.26 bits per heavy atom. The Hall–Kier alpha value is -2.47. The molecule has 5 nitrogen and oxygen atoms in total. The number of carbonyl (C=O) groups is 1. The molecule has 0 aliphatic heterocycles. The molecule has 0 saturated carbocycles. The molecule has 6 heteroatoms. The van der Waals surface area contributed by atoms with Crippen LogP contribution in [0.3, 0.4) is 0 Å². The van der Waals surface area contributed by atoms with E-state index in [2.05, 4.69) is 10.1 Å². The molecule has 0 aliphatic rings. The second kappa shape index (κ2) is 4.66. The zero-order valence-corrected chi connectivity index (χ0v) is 10.5. The van der Waals surface area contributed by atoms with Crippen molar-refractivity contribution in [2.24, 2.45) is 0 Å². The molecule has 19 heavy (non-hydrogen) atoms. The molecule has 0 fully saturated rings. The molecule has 0 atom stereocenters. The maximum Gasteiger partial charge on any atom is 0.339 e. The summed E-state index contributed by atoms with van der Waals surface area (Å²) in [6.45, 7) is 0. The highest BCUT2D eigenvalue weighted by Crippen LogP contribution is 2.27. The Balaban J connectivity index is 2.15. The molecule has 0 spiro atoms. The van der Waals surface area contributed by atoms with Crippen LogP contribution in [0.25, 0.3) is 16.4 Å². The van der Waals surface area contributed by atoms with Gasteiger partial charge in [-0.15, -0.1) is 11.3 Å². The van der Waals surface area contributed by atoms with Gasteiger partial charge in [-0.1, -0.05) is 12.1 Å². The van der Waals surface area contributed by atoms with E-state index in [1.807, 2.05) is 23.6 Å². The molecule has 0 saturated heterocycles. The third kappa shape index (κ3) is 2.13. The summed E-state index contributed by atoms with van der Waals surface area (Å²) in [5, 5.41) is 15.5. The van der Waals surface area contributed by atoms with Crippen LogP contribution in [0.15, 0.2) is 48.1 Å². The third-order valence-electron chi connectivity index (χ3n) is 2.58. The number of nitrogens with zero attached hydrogens (tertiary/aromatic N) is 3. The number of pyridine rings is 1. The van der Waals surface area contributed by atoms with Gasteiger partial charge in [0.15, 0.2) is 5.82 Å². The summed E-state index contributed by atoms with van der Waals surface area (Å²) in [7, 11) is 0. The van der Waals surface area contributed by atoms with Crippen LogP contribution in [0, 0.1) is 0 Å². The number of carboxylic acids is 1. The normalized spacial score (nSPS) is 10.5. The molecular formula is C13H9N3O2S. The summed E-state index contributed by atoms with van der Waals surface area (Å²) < 4.78 is 1.48. The van der Waals surface area contributed by atoms with Crippen molar-refractivity contribution >= 4 is 17.3 Å². The lowest BCUT2D eigenvalue weighted by molar-refractivity contribution is 0.0697. The maximum absolute atomic E-state index is 11.3. The summed E-state index contributed by atoms with van der Waals surface area (Å²) in [6, 6.07) is 9.12. The van der Waals surface area contributed by atoms with Gasteiger partial charge in [0, 0.05) is 12.4 Å². The van der Waals surface area contributed by atoms with Crippen LogP contribution in [-0.2, 0) is 0 Å². The number of hydrogen-bond donors (Lipinski definition) is 1.